The second kappa shape index (κ2) is 10.7. The van der Waals surface area contributed by atoms with Gasteiger partial charge in [-0.3, -0.25) is 9.55 Å². The molecule has 6 aromatic carbocycles. The van der Waals surface area contributed by atoms with E-state index in [4.69, 9.17) is 28.5 Å². The predicted octanol–water partition coefficient (Wildman–Crippen LogP) is 8.34. The predicted molar refractivity (Wildman–Crippen MR) is 189 cm³/mol. The van der Waals surface area contributed by atoms with Gasteiger partial charge in [0.1, 0.15) is 0 Å². The minimum atomic E-state index is -1.62. The van der Waals surface area contributed by atoms with Gasteiger partial charge in [0.05, 0.1) is 40.4 Å². The minimum Gasteiger partial charge on any atom is -0.298 e. The molecule has 0 saturated carbocycles. The monoisotopic (exact) mass is 567 g/mol. The Hall–Kier alpha value is -5.35. The van der Waals surface area contributed by atoms with Gasteiger partial charge < -0.3 is 0 Å². The molecule has 2 aromatic heterocycles. The zero-order valence-electron chi connectivity index (χ0n) is 24.4. The van der Waals surface area contributed by atoms with Gasteiger partial charge in [-0.1, -0.05) is 108 Å². The summed E-state index contributed by atoms with van der Waals surface area (Å²) in [4.78, 5) is 9.01. The molecule has 0 spiro atoms. The summed E-state index contributed by atoms with van der Waals surface area (Å²) in [5, 5.41) is 3.08. The number of fused-ring (bicyclic) bond motifs is 3. The lowest BCUT2D eigenvalue weighted by Gasteiger charge is -2.22. The number of aromatic nitrogens is 3. The first-order valence-electron chi connectivity index (χ1n) is 14.9. The molecule has 0 N–H and O–H groups in total. The van der Waals surface area contributed by atoms with Gasteiger partial charge in [-0.25, -0.2) is 4.98 Å². The Kier molecular flexibility index (Phi) is 6.46. The molecule has 0 saturated heterocycles. The number of hydrogen-bond acceptors (Lipinski definition) is 2. The first kappa shape index (κ1) is 27.2. The quantitative estimate of drug-likeness (QED) is 0.155. The molecule has 2 heterocycles. The molecule has 0 aliphatic rings. The minimum absolute atomic E-state index is 0.389. The summed E-state index contributed by atoms with van der Waals surface area (Å²) in [6, 6.07) is 46.4. The van der Waals surface area contributed by atoms with Crippen molar-refractivity contribution < 1.29 is 0 Å². The number of rotatable bonds is 5. The van der Waals surface area contributed by atoms with Crippen molar-refractivity contribution in [1.29, 1.82) is 0 Å². The average molecular weight is 567 g/mol. The molecule has 0 aliphatic heterocycles. The highest BCUT2D eigenvalue weighted by atomic mass is 15.1. The summed E-state index contributed by atoms with van der Waals surface area (Å²) in [6.45, 7) is 0. The highest BCUT2D eigenvalue weighted by Gasteiger charge is 2.23. The number of nitrogens with zero attached hydrogens (tertiary/aromatic N) is 3. The van der Waals surface area contributed by atoms with Gasteiger partial charge in [0.15, 0.2) is 0 Å². The fourth-order valence-corrected chi connectivity index (χ4v) is 6.49. The van der Waals surface area contributed by atoms with Gasteiger partial charge in [-0.2, -0.15) is 0 Å². The van der Waals surface area contributed by atoms with Gasteiger partial charge >= 0.3 is 0 Å². The zero-order valence-corrected chi connectivity index (χ0v) is 24.4. The first-order valence-corrected chi connectivity index (χ1v) is 14.9. The van der Waals surface area contributed by atoms with Gasteiger partial charge in [-0.15, -0.1) is 0 Å². The van der Waals surface area contributed by atoms with Crippen molar-refractivity contribution in [3.63, 3.8) is 0 Å². The summed E-state index contributed by atoms with van der Waals surface area (Å²) >= 11 is 0. The molecule has 6 radical (unpaired) electrons. The van der Waals surface area contributed by atoms with Crippen LogP contribution in [0.4, 0.5) is 0 Å². The van der Waals surface area contributed by atoms with E-state index < -0.39 is 5.11 Å². The Balaban J connectivity index is 1.36. The van der Waals surface area contributed by atoms with E-state index in [0.717, 1.165) is 44.5 Å². The molecule has 45 heavy (non-hydrogen) atoms. The number of pyridine rings is 1. The maximum absolute atomic E-state index is 6.24. The molecule has 0 bridgehead atoms. The molecule has 0 amide bonds. The third kappa shape index (κ3) is 4.65. The van der Waals surface area contributed by atoms with Crippen molar-refractivity contribution in [1.82, 2.24) is 14.5 Å². The molecular formula is C39H24B3N3. The number of imidazole rings is 1. The van der Waals surface area contributed by atoms with Crippen LogP contribution in [-0.2, 0) is 5.11 Å². The van der Waals surface area contributed by atoms with Crippen LogP contribution in [0.1, 0.15) is 5.82 Å². The molecule has 8 aromatic rings. The standard InChI is InChI=1S/C39H24B3N3/c40-39(41,42)38-44-34-16-5-6-17-35(34)45(38)29-11-7-9-27(23-29)37-32-14-3-1-12-30(32)36(31-13-2-4-15-33(31)37)26-20-18-25(19-21-26)28-10-8-22-43-24-28/h1-24H. The molecule has 0 fully saturated rings. The number of benzene rings is 6. The van der Waals surface area contributed by atoms with Crippen LogP contribution in [0.2, 0.25) is 0 Å². The summed E-state index contributed by atoms with van der Waals surface area (Å²) in [5.74, 6) is 0.389. The average Bonchev–Trinajstić information content (AvgIpc) is 3.48. The smallest absolute Gasteiger partial charge is 0.0951 e. The molecule has 8 rings (SSSR count). The van der Waals surface area contributed by atoms with Crippen LogP contribution in [0, 0.1) is 0 Å². The second-order valence-corrected chi connectivity index (χ2v) is 11.4. The van der Waals surface area contributed by atoms with E-state index in [0.29, 0.717) is 5.82 Å². The SMILES string of the molecule is [B]C([B])([B])c1nc2ccccc2n1-c1cccc(-c2c3ccccc3c(-c3ccc(-c4cccnc4)cc3)c3ccccc23)c1. The lowest BCUT2D eigenvalue weighted by atomic mass is 9.42. The Labute approximate surface area is 265 Å². The molecule has 3 nitrogen and oxygen atoms in total. The Morgan fingerprint density at radius 3 is 1.71 bits per heavy atom. The van der Waals surface area contributed by atoms with Crippen molar-refractivity contribution in [2.75, 3.05) is 0 Å². The van der Waals surface area contributed by atoms with Crippen molar-refractivity contribution in [2.24, 2.45) is 0 Å². The topological polar surface area (TPSA) is 30.7 Å². The Morgan fingerprint density at radius 1 is 0.511 bits per heavy atom. The Morgan fingerprint density at radius 2 is 1.09 bits per heavy atom. The fraction of sp³-hybridized carbons (Fsp3) is 0.0256. The van der Waals surface area contributed by atoms with Gasteiger partial charge in [0, 0.05) is 18.1 Å². The van der Waals surface area contributed by atoms with E-state index in [1.807, 2.05) is 47.2 Å². The van der Waals surface area contributed by atoms with Crippen LogP contribution in [-0.4, -0.2) is 38.1 Å². The van der Waals surface area contributed by atoms with Crippen LogP contribution in [0.5, 0.6) is 0 Å². The third-order valence-corrected chi connectivity index (χ3v) is 8.44. The van der Waals surface area contributed by atoms with Crippen molar-refractivity contribution in [3.05, 3.63) is 152 Å². The molecule has 6 heteroatoms. The molecule has 0 aliphatic carbocycles. The van der Waals surface area contributed by atoms with Crippen LogP contribution in [0.25, 0.3) is 71.6 Å². The van der Waals surface area contributed by atoms with Gasteiger partial charge in [0.25, 0.3) is 0 Å². The lowest BCUT2D eigenvalue weighted by Crippen LogP contribution is -2.31. The maximum Gasteiger partial charge on any atom is 0.0951 e. The molecule has 204 valence electrons. The van der Waals surface area contributed by atoms with Crippen LogP contribution in [0.3, 0.4) is 0 Å². The number of para-hydroxylation sites is 2. The van der Waals surface area contributed by atoms with E-state index in [1.165, 1.54) is 27.1 Å². The largest absolute Gasteiger partial charge is 0.298 e. The van der Waals surface area contributed by atoms with Gasteiger partial charge in [-0.05, 0) is 85.3 Å². The Bertz CT molecular complexity index is 2300. The normalized spacial score (nSPS) is 11.8. The highest BCUT2D eigenvalue weighted by Crippen LogP contribution is 2.44. The number of hydrogen-bond donors (Lipinski definition) is 0. The van der Waals surface area contributed by atoms with Crippen LogP contribution in [0.15, 0.2) is 146 Å². The maximum atomic E-state index is 6.24. The summed E-state index contributed by atoms with van der Waals surface area (Å²) in [5.41, 5.74) is 9.37. The van der Waals surface area contributed by atoms with Crippen molar-refractivity contribution in [2.45, 2.75) is 5.11 Å². The van der Waals surface area contributed by atoms with E-state index >= 15 is 0 Å². The molecule has 0 atom stereocenters. The fourth-order valence-electron chi connectivity index (χ4n) is 6.49. The second-order valence-electron chi connectivity index (χ2n) is 11.4. The van der Waals surface area contributed by atoms with Crippen molar-refractivity contribution in [3.8, 4) is 39.1 Å². The molecular weight excluding hydrogens is 543 g/mol. The van der Waals surface area contributed by atoms with E-state index in [9.17, 15) is 0 Å². The van der Waals surface area contributed by atoms with Crippen LogP contribution >= 0.6 is 0 Å². The van der Waals surface area contributed by atoms with Gasteiger partial charge in [0.2, 0.25) is 0 Å². The van der Waals surface area contributed by atoms with Crippen molar-refractivity contribution >= 4 is 56.1 Å². The summed E-state index contributed by atoms with van der Waals surface area (Å²) in [7, 11) is 18.7. The lowest BCUT2D eigenvalue weighted by molar-refractivity contribution is 0.930. The summed E-state index contributed by atoms with van der Waals surface area (Å²) in [6.07, 6.45) is 3.69. The molecule has 0 unspecified atom stereocenters. The van der Waals surface area contributed by atoms with E-state index in [-0.39, 0.29) is 0 Å². The van der Waals surface area contributed by atoms with Crippen LogP contribution < -0.4 is 0 Å². The highest BCUT2D eigenvalue weighted by molar-refractivity contribution is 6.58. The van der Waals surface area contributed by atoms with E-state index in [1.54, 1.807) is 6.20 Å². The zero-order chi connectivity index (χ0) is 30.5. The van der Waals surface area contributed by atoms with E-state index in [2.05, 4.69) is 102 Å². The third-order valence-electron chi connectivity index (χ3n) is 8.44. The summed E-state index contributed by atoms with van der Waals surface area (Å²) < 4.78 is 1.96. The first-order chi connectivity index (χ1) is 22.0.